The van der Waals surface area contributed by atoms with Gasteiger partial charge in [-0.2, -0.15) is 0 Å². The van der Waals surface area contributed by atoms with E-state index in [1.807, 2.05) is 25.3 Å². The van der Waals surface area contributed by atoms with Gasteiger partial charge in [-0.3, -0.25) is 0 Å². The molecule has 21 heavy (non-hydrogen) atoms. The molecule has 1 heterocycles. The van der Waals surface area contributed by atoms with Gasteiger partial charge in [0.1, 0.15) is 0 Å². The van der Waals surface area contributed by atoms with Crippen LogP contribution in [-0.2, 0) is 15.4 Å². The van der Waals surface area contributed by atoms with Gasteiger partial charge < -0.3 is 4.98 Å². The number of hydrogen-bond acceptors (Lipinski definition) is 2. The number of hydrogen-bond donors (Lipinski definition) is 2. The van der Waals surface area contributed by atoms with Gasteiger partial charge in [0.05, 0.1) is 5.75 Å². The summed E-state index contributed by atoms with van der Waals surface area (Å²) in [5, 5.41) is 1.21. The number of unbranched alkanes of at least 4 members (excludes halogenated alkanes) is 1. The predicted octanol–water partition coefficient (Wildman–Crippen LogP) is 2.92. The molecule has 1 aliphatic rings. The molecule has 0 atom stereocenters. The topological polar surface area (TPSA) is 62.0 Å². The normalized spacial score (nSPS) is 17.2. The largest absolute Gasteiger partial charge is 0.361 e. The van der Waals surface area contributed by atoms with E-state index in [1.165, 1.54) is 10.9 Å². The summed E-state index contributed by atoms with van der Waals surface area (Å²) < 4.78 is 26.8. The zero-order valence-corrected chi connectivity index (χ0v) is 13.2. The van der Waals surface area contributed by atoms with Gasteiger partial charge in [0.15, 0.2) is 0 Å². The van der Waals surface area contributed by atoms with Crippen LogP contribution < -0.4 is 4.72 Å². The minimum atomic E-state index is -3.14. The molecular weight excluding hydrogens is 284 g/mol. The first-order valence-corrected chi connectivity index (χ1v) is 9.25. The van der Waals surface area contributed by atoms with Crippen LogP contribution in [0.4, 0.5) is 0 Å². The molecule has 3 rings (SSSR count). The summed E-state index contributed by atoms with van der Waals surface area (Å²) in [6.45, 7) is 2.52. The third-order valence-electron chi connectivity index (χ3n) is 4.41. The molecule has 1 fully saturated rings. The molecule has 0 unspecified atom stereocenters. The summed E-state index contributed by atoms with van der Waals surface area (Å²) >= 11 is 0. The van der Waals surface area contributed by atoms with Crippen LogP contribution >= 0.6 is 0 Å². The van der Waals surface area contributed by atoms with Crippen molar-refractivity contribution in [1.82, 2.24) is 9.71 Å². The zero-order valence-electron chi connectivity index (χ0n) is 12.4. The smallest absolute Gasteiger partial charge is 0.211 e. The summed E-state index contributed by atoms with van der Waals surface area (Å²) in [6.07, 6.45) is 5.75. The van der Waals surface area contributed by atoms with E-state index in [4.69, 9.17) is 0 Å². The second kappa shape index (κ2) is 5.46. The quantitative estimate of drug-likeness (QED) is 0.826. The highest BCUT2D eigenvalue weighted by Crippen LogP contribution is 2.50. The Morgan fingerprint density at radius 1 is 1.29 bits per heavy atom. The summed E-state index contributed by atoms with van der Waals surface area (Å²) in [5.74, 6) is 0.230. The van der Waals surface area contributed by atoms with Crippen LogP contribution in [0.2, 0.25) is 0 Å². The fourth-order valence-corrected chi connectivity index (χ4v) is 4.17. The van der Waals surface area contributed by atoms with E-state index in [1.54, 1.807) is 0 Å². The molecular formula is C16H22N2O2S. The Kier molecular flexibility index (Phi) is 3.80. The van der Waals surface area contributed by atoms with E-state index >= 15 is 0 Å². The maximum atomic E-state index is 12.0. The Bertz CT molecular complexity index is 730. The standard InChI is InChI=1S/C16H22N2O2S/c1-2-3-10-21(19,20)18-12-16(8-9-16)14-11-17-15-7-5-4-6-13(14)15/h4-7,11,17-18H,2-3,8-10,12H2,1H3. The first-order valence-electron chi connectivity index (χ1n) is 7.60. The van der Waals surface area contributed by atoms with Crippen LogP contribution in [0.1, 0.15) is 38.2 Å². The van der Waals surface area contributed by atoms with Gasteiger partial charge in [0.2, 0.25) is 10.0 Å². The van der Waals surface area contributed by atoms with E-state index in [0.29, 0.717) is 6.54 Å². The number of aromatic amines is 1. The molecule has 1 aromatic carbocycles. The number of sulfonamides is 1. The van der Waals surface area contributed by atoms with Crippen LogP contribution in [0.25, 0.3) is 10.9 Å². The second-order valence-corrected chi connectivity index (χ2v) is 7.95. The van der Waals surface area contributed by atoms with Crippen LogP contribution in [0.15, 0.2) is 30.5 Å². The maximum Gasteiger partial charge on any atom is 0.211 e. The van der Waals surface area contributed by atoms with E-state index in [9.17, 15) is 8.42 Å². The molecule has 5 heteroatoms. The molecule has 2 N–H and O–H groups in total. The number of nitrogens with one attached hydrogen (secondary N) is 2. The van der Waals surface area contributed by atoms with Gasteiger partial charge in [0, 0.05) is 29.1 Å². The van der Waals surface area contributed by atoms with E-state index in [2.05, 4.69) is 21.8 Å². The van der Waals surface area contributed by atoms with Crippen LogP contribution in [-0.4, -0.2) is 25.7 Å². The SMILES string of the molecule is CCCCS(=O)(=O)NCC1(c2c[nH]c3ccccc23)CC1. The second-order valence-electron chi connectivity index (χ2n) is 6.02. The van der Waals surface area contributed by atoms with Gasteiger partial charge in [-0.05, 0) is 30.9 Å². The van der Waals surface area contributed by atoms with Gasteiger partial charge >= 0.3 is 0 Å². The van der Waals surface area contributed by atoms with Gasteiger partial charge in [0.25, 0.3) is 0 Å². The van der Waals surface area contributed by atoms with Gasteiger partial charge in [-0.15, -0.1) is 0 Å². The Morgan fingerprint density at radius 2 is 2.05 bits per heavy atom. The highest BCUT2D eigenvalue weighted by atomic mass is 32.2. The monoisotopic (exact) mass is 306 g/mol. The lowest BCUT2D eigenvalue weighted by Crippen LogP contribution is -2.33. The minimum Gasteiger partial charge on any atom is -0.361 e. The fourth-order valence-electron chi connectivity index (χ4n) is 2.86. The lowest BCUT2D eigenvalue weighted by atomic mass is 9.96. The summed E-state index contributed by atoms with van der Waals surface area (Å²) in [7, 11) is -3.14. The Balaban J connectivity index is 1.76. The lowest BCUT2D eigenvalue weighted by Gasteiger charge is -2.16. The van der Waals surface area contributed by atoms with Crippen molar-refractivity contribution >= 4 is 20.9 Å². The Labute approximate surface area is 126 Å². The molecule has 2 aromatic rings. The molecule has 4 nitrogen and oxygen atoms in total. The lowest BCUT2D eigenvalue weighted by molar-refractivity contribution is 0.565. The highest BCUT2D eigenvalue weighted by Gasteiger charge is 2.46. The molecule has 114 valence electrons. The van der Waals surface area contributed by atoms with Crippen molar-refractivity contribution in [3.63, 3.8) is 0 Å². The zero-order chi connectivity index (χ0) is 14.9. The molecule has 1 aliphatic carbocycles. The fraction of sp³-hybridized carbons (Fsp3) is 0.500. The van der Waals surface area contributed by atoms with Crippen LogP contribution in [0.5, 0.6) is 0 Å². The van der Waals surface area contributed by atoms with Crippen molar-refractivity contribution in [2.45, 2.75) is 38.0 Å². The van der Waals surface area contributed by atoms with Gasteiger partial charge in [-0.1, -0.05) is 31.5 Å². The number of rotatable bonds is 7. The van der Waals surface area contributed by atoms with Crippen molar-refractivity contribution in [3.05, 3.63) is 36.0 Å². The van der Waals surface area contributed by atoms with Crippen molar-refractivity contribution in [1.29, 1.82) is 0 Å². The Hall–Kier alpha value is -1.33. The molecule has 1 aromatic heterocycles. The van der Waals surface area contributed by atoms with E-state index < -0.39 is 10.0 Å². The molecule has 0 spiro atoms. The summed E-state index contributed by atoms with van der Waals surface area (Å²) in [6, 6.07) is 8.20. The summed E-state index contributed by atoms with van der Waals surface area (Å²) in [4.78, 5) is 3.29. The number of para-hydroxylation sites is 1. The predicted molar refractivity (Wildman–Crippen MR) is 85.9 cm³/mol. The molecule has 0 radical (unpaired) electrons. The van der Waals surface area contributed by atoms with Crippen LogP contribution in [0.3, 0.4) is 0 Å². The average Bonchev–Trinajstić information content (AvgIpc) is 3.15. The molecule has 0 bridgehead atoms. The third kappa shape index (κ3) is 2.99. The van der Waals surface area contributed by atoms with Crippen LogP contribution in [0, 0.1) is 0 Å². The molecule has 0 aliphatic heterocycles. The number of aromatic nitrogens is 1. The minimum absolute atomic E-state index is 0.0150. The first kappa shape index (κ1) is 14.6. The average molecular weight is 306 g/mol. The Morgan fingerprint density at radius 3 is 2.76 bits per heavy atom. The number of benzene rings is 1. The van der Waals surface area contributed by atoms with Crippen molar-refractivity contribution in [3.8, 4) is 0 Å². The van der Waals surface area contributed by atoms with Crippen molar-refractivity contribution in [2.75, 3.05) is 12.3 Å². The van der Waals surface area contributed by atoms with Crippen molar-refractivity contribution in [2.24, 2.45) is 0 Å². The van der Waals surface area contributed by atoms with E-state index in [-0.39, 0.29) is 11.2 Å². The third-order valence-corrected chi connectivity index (χ3v) is 5.82. The molecule has 1 saturated carbocycles. The first-order chi connectivity index (χ1) is 10.1. The van der Waals surface area contributed by atoms with Crippen molar-refractivity contribution < 1.29 is 8.42 Å². The molecule has 0 amide bonds. The number of H-pyrrole nitrogens is 1. The maximum absolute atomic E-state index is 12.0. The van der Waals surface area contributed by atoms with E-state index in [0.717, 1.165) is 31.2 Å². The molecule has 0 saturated heterocycles. The number of fused-ring (bicyclic) bond motifs is 1. The summed E-state index contributed by atoms with van der Waals surface area (Å²) in [5.41, 5.74) is 2.35. The van der Waals surface area contributed by atoms with Gasteiger partial charge in [-0.25, -0.2) is 13.1 Å². The highest BCUT2D eigenvalue weighted by molar-refractivity contribution is 7.89.